The van der Waals surface area contributed by atoms with Gasteiger partial charge in [0.2, 0.25) is 5.91 Å². The highest BCUT2D eigenvalue weighted by Crippen LogP contribution is 2.37. The van der Waals surface area contributed by atoms with Crippen molar-refractivity contribution >= 4 is 45.0 Å². The number of methoxy groups -OCH3 is 1. The third-order valence-corrected chi connectivity index (χ3v) is 6.36. The van der Waals surface area contributed by atoms with E-state index in [4.69, 9.17) is 32.7 Å². The van der Waals surface area contributed by atoms with Gasteiger partial charge in [-0.05, 0) is 43.7 Å². The van der Waals surface area contributed by atoms with E-state index >= 15 is 0 Å². The lowest BCUT2D eigenvalue weighted by molar-refractivity contribution is -0.127. The molecule has 0 aliphatic carbocycles. The van der Waals surface area contributed by atoms with Gasteiger partial charge in [0.15, 0.2) is 11.5 Å². The van der Waals surface area contributed by atoms with Crippen LogP contribution in [0.2, 0.25) is 10.0 Å². The van der Waals surface area contributed by atoms with Gasteiger partial charge in [-0.2, -0.15) is 0 Å². The molecule has 5 nitrogen and oxygen atoms in total. The van der Waals surface area contributed by atoms with E-state index in [1.165, 1.54) is 0 Å². The number of carbonyl (C=O) groups is 1. The van der Waals surface area contributed by atoms with E-state index in [0.29, 0.717) is 41.1 Å². The van der Waals surface area contributed by atoms with Gasteiger partial charge in [0.05, 0.1) is 7.11 Å². The van der Waals surface area contributed by atoms with Crippen molar-refractivity contribution in [2.45, 2.75) is 32.4 Å². The predicted octanol–water partition coefficient (Wildman–Crippen LogP) is 5.45. The highest BCUT2D eigenvalue weighted by molar-refractivity contribution is 9.10. The van der Waals surface area contributed by atoms with Crippen LogP contribution in [-0.4, -0.2) is 37.6 Å². The number of hydrogen-bond donors (Lipinski definition) is 1. The molecule has 0 spiro atoms. The Labute approximate surface area is 195 Å². The van der Waals surface area contributed by atoms with Crippen LogP contribution in [0.25, 0.3) is 0 Å². The van der Waals surface area contributed by atoms with Gasteiger partial charge in [0, 0.05) is 51.7 Å². The first-order valence-electron chi connectivity index (χ1n) is 9.90. The van der Waals surface area contributed by atoms with E-state index in [2.05, 4.69) is 21.2 Å². The van der Waals surface area contributed by atoms with Crippen molar-refractivity contribution in [2.75, 3.05) is 26.7 Å². The minimum atomic E-state index is 0.266. The Hall–Kier alpha value is -1.47. The van der Waals surface area contributed by atoms with Gasteiger partial charge in [-0.15, -0.1) is 0 Å². The number of rotatable bonds is 10. The van der Waals surface area contributed by atoms with Crippen molar-refractivity contribution in [1.82, 2.24) is 10.2 Å². The molecule has 8 heteroatoms. The molecule has 1 N–H and O–H groups in total. The Morgan fingerprint density at radius 3 is 2.77 bits per heavy atom. The minimum Gasteiger partial charge on any atom is -0.493 e. The summed E-state index contributed by atoms with van der Waals surface area (Å²) in [6.07, 6.45) is 2.56. The molecule has 0 aromatic heterocycles. The average Bonchev–Trinajstić information content (AvgIpc) is 3.13. The summed E-state index contributed by atoms with van der Waals surface area (Å²) < 4.78 is 12.6. The zero-order chi connectivity index (χ0) is 21.5. The van der Waals surface area contributed by atoms with Crippen LogP contribution in [0.4, 0.5) is 0 Å². The van der Waals surface area contributed by atoms with Crippen LogP contribution < -0.4 is 14.8 Å². The molecule has 0 unspecified atom stereocenters. The number of halogens is 3. The lowest BCUT2D eigenvalue weighted by atomic mass is 10.1. The molecule has 1 fully saturated rings. The smallest absolute Gasteiger partial charge is 0.222 e. The number of benzene rings is 2. The molecular formula is C22H25BrCl2N2O3. The first-order valence-corrected chi connectivity index (χ1v) is 11.4. The zero-order valence-corrected chi connectivity index (χ0v) is 19.9. The molecule has 0 bridgehead atoms. The van der Waals surface area contributed by atoms with E-state index < -0.39 is 0 Å². The number of nitrogens with one attached hydrogen (secondary N) is 1. The molecular weight excluding hydrogens is 491 g/mol. The second-order valence-corrected chi connectivity index (χ2v) is 8.79. The number of amides is 1. The molecule has 30 heavy (non-hydrogen) atoms. The summed E-state index contributed by atoms with van der Waals surface area (Å²) in [4.78, 5) is 13.6. The summed E-state index contributed by atoms with van der Waals surface area (Å²) in [5.41, 5.74) is 1.81. The molecule has 1 amide bonds. The van der Waals surface area contributed by atoms with Crippen LogP contribution in [0, 0.1) is 0 Å². The number of nitrogens with zero attached hydrogens (tertiary/aromatic N) is 1. The largest absolute Gasteiger partial charge is 0.493 e. The second-order valence-electron chi connectivity index (χ2n) is 7.10. The Morgan fingerprint density at radius 2 is 2.07 bits per heavy atom. The van der Waals surface area contributed by atoms with Crippen LogP contribution in [0.15, 0.2) is 34.8 Å². The summed E-state index contributed by atoms with van der Waals surface area (Å²) in [5, 5.41) is 4.59. The fourth-order valence-electron chi connectivity index (χ4n) is 3.40. The van der Waals surface area contributed by atoms with Crippen molar-refractivity contribution < 1.29 is 14.3 Å². The lowest BCUT2D eigenvalue weighted by Crippen LogP contribution is -2.28. The average molecular weight is 516 g/mol. The second kappa shape index (κ2) is 11.2. The normalized spacial score (nSPS) is 13.7. The summed E-state index contributed by atoms with van der Waals surface area (Å²) in [6.45, 7) is 3.38. The van der Waals surface area contributed by atoms with Crippen molar-refractivity contribution in [3.05, 3.63) is 56.0 Å². The topological polar surface area (TPSA) is 50.8 Å². The summed E-state index contributed by atoms with van der Waals surface area (Å²) in [6, 6.07) is 9.16. The van der Waals surface area contributed by atoms with Gasteiger partial charge < -0.3 is 19.7 Å². The molecule has 1 aliphatic rings. The quantitative estimate of drug-likeness (QED) is 0.428. The molecule has 0 atom stereocenters. The zero-order valence-electron chi connectivity index (χ0n) is 16.8. The Balaban J connectivity index is 1.62. The summed E-state index contributed by atoms with van der Waals surface area (Å²) in [5.74, 6) is 1.59. The Morgan fingerprint density at radius 1 is 1.23 bits per heavy atom. The molecule has 162 valence electrons. The van der Waals surface area contributed by atoms with Crippen molar-refractivity contribution in [1.29, 1.82) is 0 Å². The van der Waals surface area contributed by atoms with Crippen LogP contribution in [0.3, 0.4) is 0 Å². The number of ether oxygens (including phenoxy) is 2. The van der Waals surface area contributed by atoms with Gasteiger partial charge in [-0.3, -0.25) is 4.79 Å². The van der Waals surface area contributed by atoms with Crippen LogP contribution in [0.5, 0.6) is 11.5 Å². The SMILES string of the molecule is COc1ccc(Br)c(CNCCCN2CCCC2=O)c1OCc1ccc(Cl)cc1Cl. The van der Waals surface area contributed by atoms with Crippen molar-refractivity contribution in [3.8, 4) is 11.5 Å². The van der Waals surface area contributed by atoms with Crippen molar-refractivity contribution in [2.24, 2.45) is 0 Å². The molecule has 0 saturated carbocycles. The van der Waals surface area contributed by atoms with Gasteiger partial charge in [0.25, 0.3) is 0 Å². The maximum atomic E-state index is 11.7. The molecule has 1 heterocycles. The van der Waals surface area contributed by atoms with Gasteiger partial charge in [-0.1, -0.05) is 45.2 Å². The minimum absolute atomic E-state index is 0.266. The van der Waals surface area contributed by atoms with Crippen LogP contribution in [-0.2, 0) is 17.9 Å². The van der Waals surface area contributed by atoms with E-state index in [1.807, 2.05) is 23.1 Å². The number of hydrogen-bond acceptors (Lipinski definition) is 4. The van der Waals surface area contributed by atoms with Crippen LogP contribution >= 0.6 is 39.1 Å². The monoisotopic (exact) mass is 514 g/mol. The highest BCUT2D eigenvalue weighted by Gasteiger charge is 2.19. The first kappa shape index (κ1) is 23.2. The summed E-state index contributed by atoms with van der Waals surface area (Å²) in [7, 11) is 1.62. The Kier molecular flexibility index (Phi) is 8.69. The molecule has 1 saturated heterocycles. The Bertz CT molecular complexity index is 895. The highest BCUT2D eigenvalue weighted by atomic mass is 79.9. The molecule has 3 rings (SSSR count). The third-order valence-electron chi connectivity index (χ3n) is 5.03. The molecule has 0 radical (unpaired) electrons. The summed E-state index contributed by atoms with van der Waals surface area (Å²) >= 11 is 15.9. The maximum Gasteiger partial charge on any atom is 0.222 e. The molecule has 2 aromatic carbocycles. The van der Waals surface area contributed by atoms with E-state index in [1.54, 1.807) is 19.2 Å². The van der Waals surface area contributed by atoms with Gasteiger partial charge in [0.1, 0.15) is 6.61 Å². The first-order chi connectivity index (χ1) is 14.5. The van der Waals surface area contributed by atoms with Gasteiger partial charge in [-0.25, -0.2) is 0 Å². The standard InChI is InChI=1S/C22H25BrCl2N2O3/c1-29-20-8-7-18(23)17(13-26-9-3-11-27-10-2-4-21(27)28)22(20)30-14-15-5-6-16(24)12-19(15)25/h5-8,12,26H,2-4,9-11,13-14H2,1H3. The van der Waals surface area contributed by atoms with Gasteiger partial charge >= 0.3 is 0 Å². The van der Waals surface area contributed by atoms with E-state index in [-0.39, 0.29) is 5.91 Å². The molecule has 2 aromatic rings. The number of carbonyl (C=O) groups excluding carboxylic acids is 1. The predicted molar refractivity (Wildman–Crippen MR) is 124 cm³/mol. The maximum absolute atomic E-state index is 11.7. The fraction of sp³-hybridized carbons (Fsp3) is 0.409. The van der Waals surface area contributed by atoms with E-state index in [0.717, 1.165) is 48.1 Å². The third kappa shape index (κ3) is 6.03. The van der Waals surface area contributed by atoms with Crippen LogP contribution in [0.1, 0.15) is 30.4 Å². The fourth-order valence-corrected chi connectivity index (χ4v) is 4.32. The number of likely N-dealkylation sites (tertiary alicyclic amines) is 1. The van der Waals surface area contributed by atoms with Crippen molar-refractivity contribution in [3.63, 3.8) is 0 Å². The van der Waals surface area contributed by atoms with E-state index in [9.17, 15) is 4.79 Å². The lowest BCUT2D eigenvalue weighted by Gasteiger charge is -2.18. The molecule has 1 aliphatic heterocycles.